The highest BCUT2D eigenvalue weighted by molar-refractivity contribution is 9.10. The average molecular weight is 395 g/mol. The van der Waals surface area contributed by atoms with E-state index in [-0.39, 0.29) is 10.8 Å². The van der Waals surface area contributed by atoms with E-state index in [0.717, 1.165) is 0 Å². The predicted molar refractivity (Wildman–Crippen MR) is 75.9 cm³/mol. The molecule has 3 rings (SSSR count). The summed E-state index contributed by atoms with van der Waals surface area (Å²) < 4.78 is 17.8. The highest BCUT2D eigenvalue weighted by Gasteiger charge is 2.23. The van der Waals surface area contributed by atoms with Gasteiger partial charge in [0.2, 0.25) is 0 Å². The fraction of sp³-hybridized carbons (Fsp3) is 0. The first-order chi connectivity index (χ1) is 9.87. The number of phosphoric acid groups is 1. The molecule has 0 saturated heterocycles. The van der Waals surface area contributed by atoms with Gasteiger partial charge in [-0.25, -0.2) is 9.24 Å². The van der Waals surface area contributed by atoms with Gasteiger partial charge >= 0.3 is 7.82 Å². The Balaban J connectivity index is 2.32. The summed E-state index contributed by atoms with van der Waals surface area (Å²) >= 11 is 9.43. The SMILES string of the molecule is O=P(O)(O)Oc1cn(-n2cnnn2)c2ccc(Br)c(Cl)c12. The van der Waals surface area contributed by atoms with Crippen LogP contribution in [0.1, 0.15) is 0 Å². The topological polar surface area (TPSA) is 115 Å². The van der Waals surface area contributed by atoms with Crippen molar-refractivity contribution in [3.8, 4) is 5.75 Å². The fourth-order valence-electron chi connectivity index (χ4n) is 1.83. The molecule has 2 N–H and O–H groups in total. The van der Waals surface area contributed by atoms with Crippen molar-refractivity contribution >= 4 is 46.3 Å². The summed E-state index contributed by atoms with van der Waals surface area (Å²) in [6.07, 6.45) is 2.65. The number of benzene rings is 1. The Kier molecular flexibility index (Phi) is 3.50. The second kappa shape index (κ2) is 5.08. The molecule has 0 aliphatic carbocycles. The Labute approximate surface area is 130 Å². The van der Waals surface area contributed by atoms with Gasteiger partial charge in [-0.15, -0.1) is 9.89 Å². The molecule has 110 valence electrons. The van der Waals surface area contributed by atoms with Crippen LogP contribution in [0.25, 0.3) is 10.9 Å². The molecular formula is C9H6BrClN5O4P. The third kappa shape index (κ3) is 2.68. The lowest BCUT2D eigenvalue weighted by molar-refractivity contribution is 0.284. The first-order valence-electron chi connectivity index (χ1n) is 5.34. The van der Waals surface area contributed by atoms with Crippen molar-refractivity contribution < 1.29 is 18.9 Å². The Hall–Kier alpha value is -1.45. The minimum Gasteiger partial charge on any atom is -0.402 e. The van der Waals surface area contributed by atoms with Crippen LogP contribution in [0, 0.1) is 0 Å². The first-order valence-corrected chi connectivity index (χ1v) is 8.05. The summed E-state index contributed by atoms with van der Waals surface area (Å²) in [4.78, 5) is 19.3. The van der Waals surface area contributed by atoms with Gasteiger partial charge in [-0.1, -0.05) is 11.6 Å². The number of nitrogens with zero attached hydrogens (tertiary/aromatic N) is 5. The third-order valence-corrected chi connectivity index (χ3v) is 4.30. The van der Waals surface area contributed by atoms with Crippen LogP contribution < -0.4 is 4.52 Å². The molecule has 9 nitrogen and oxygen atoms in total. The van der Waals surface area contributed by atoms with Crippen LogP contribution in [-0.4, -0.2) is 34.8 Å². The Morgan fingerprint density at radius 1 is 1.38 bits per heavy atom. The van der Waals surface area contributed by atoms with Crippen LogP contribution in [-0.2, 0) is 4.57 Å². The van der Waals surface area contributed by atoms with Crippen LogP contribution >= 0.6 is 35.4 Å². The van der Waals surface area contributed by atoms with Gasteiger partial charge in [-0.3, -0.25) is 9.79 Å². The molecule has 0 atom stereocenters. The molecule has 1 aromatic carbocycles. The number of tetrazole rings is 1. The Bertz CT molecular complexity index is 861. The first kappa shape index (κ1) is 14.5. The molecule has 0 fully saturated rings. The molecular weight excluding hydrogens is 388 g/mol. The highest BCUT2D eigenvalue weighted by Crippen LogP contribution is 2.45. The summed E-state index contributed by atoms with van der Waals surface area (Å²) in [7, 11) is -4.74. The van der Waals surface area contributed by atoms with E-state index in [4.69, 9.17) is 21.4 Å². The molecule has 2 aromatic heterocycles. The van der Waals surface area contributed by atoms with Gasteiger partial charge < -0.3 is 4.52 Å². The molecule has 0 saturated carbocycles. The molecule has 2 heterocycles. The highest BCUT2D eigenvalue weighted by atomic mass is 79.9. The molecule has 0 bridgehead atoms. The lowest BCUT2D eigenvalue weighted by atomic mass is 10.2. The standard InChI is InChI=1S/C9H6BrClN5O4P/c10-5-1-2-6-8(9(5)11)7(20-21(17,18)19)3-15(6)16-4-12-13-14-16/h1-4H,(H2,17,18,19). The van der Waals surface area contributed by atoms with Crippen LogP contribution in [0.4, 0.5) is 0 Å². The Morgan fingerprint density at radius 3 is 2.76 bits per heavy atom. The van der Waals surface area contributed by atoms with Crippen molar-refractivity contribution in [1.82, 2.24) is 25.0 Å². The summed E-state index contributed by atoms with van der Waals surface area (Å²) in [5, 5.41) is 11.3. The van der Waals surface area contributed by atoms with E-state index in [1.165, 1.54) is 22.0 Å². The van der Waals surface area contributed by atoms with Gasteiger partial charge in [-0.05, 0) is 38.5 Å². The monoisotopic (exact) mass is 393 g/mol. The van der Waals surface area contributed by atoms with Crippen LogP contribution in [0.3, 0.4) is 0 Å². The van der Waals surface area contributed by atoms with Gasteiger partial charge in [0.15, 0.2) is 12.1 Å². The van der Waals surface area contributed by atoms with E-state index >= 15 is 0 Å². The van der Waals surface area contributed by atoms with E-state index < -0.39 is 7.82 Å². The van der Waals surface area contributed by atoms with Crippen molar-refractivity contribution in [1.29, 1.82) is 0 Å². The van der Waals surface area contributed by atoms with Gasteiger partial charge in [0.05, 0.1) is 22.1 Å². The van der Waals surface area contributed by atoms with Crippen molar-refractivity contribution in [2.75, 3.05) is 0 Å². The van der Waals surface area contributed by atoms with Crippen molar-refractivity contribution in [3.63, 3.8) is 0 Å². The molecule has 0 amide bonds. The zero-order valence-corrected chi connectivity index (χ0v) is 13.2. The Morgan fingerprint density at radius 2 is 2.14 bits per heavy atom. The third-order valence-electron chi connectivity index (χ3n) is 2.58. The summed E-state index contributed by atoms with van der Waals surface area (Å²) in [6, 6.07) is 3.37. The van der Waals surface area contributed by atoms with E-state index in [0.29, 0.717) is 15.4 Å². The summed E-state index contributed by atoms with van der Waals surface area (Å²) in [5.41, 5.74) is 0.513. The second-order valence-corrected chi connectivity index (χ2v) is 6.30. The summed E-state index contributed by atoms with van der Waals surface area (Å²) in [6.45, 7) is 0. The maximum atomic E-state index is 11.1. The van der Waals surface area contributed by atoms with Gasteiger partial charge in [-0.2, -0.15) is 0 Å². The fourth-order valence-corrected chi connectivity index (χ4v) is 2.81. The van der Waals surface area contributed by atoms with E-state index in [9.17, 15) is 4.57 Å². The quantitative estimate of drug-likeness (QED) is 0.651. The zero-order chi connectivity index (χ0) is 15.2. The lowest BCUT2D eigenvalue weighted by Crippen LogP contribution is -2.08. The maximum Gasteiger partial charge on any atom is 0.524 e. The number of phosphoric ester groups is 1. The minimum atomic E-state index is -4.74. The van der Waals surface area contributed by atoms with Crippen LogP contribution in [0.5, 0.6) is 5.75 Å². The minimum absolute atomic E-state index is 0.0832. The molecule has 12 heteroatoms. The average Bonchev–Trinajstić information content (AvgIpc) is 2.99. The zero-order valence-electron chi connectivity index (χ0n) is 9.96. The van der Waals surface area contributed by atoms with E-state index in [2.05, 4.69) is 36.0 Å². The molecule has 0 aliphatic rings. The van der Waals surface area contributed by atoms with E-state index in [1.807, 2.05) is 0 Å². The lowest BCUT2D eigenvalue weighted by Gasteiger charge is -2.06. The number of hydrogen-bond donors (Lipinski definition) is 2. The van der Waals surface area contributed by atoms with Gasteiger partial charge in [0.1, 0.15) is 0 Å². The predicted octanol–water partition coefficient (Wildman–Crippen LogP) is 1.83. The number of fused-ring (bicyclic) bond motifs is 1. The normalized spacial score (nSPS) is 12.0. The van der Waals surface area contributed by atoms with E-state index in [1.54, 1.807) is 12.1 Å². The number of hydrogen-bond acceptors (Lipinski definition) is 5. The molecule has 0 unspecified atom stereocenters. The molecule has 0 radical (unpaired) electrons. The second-order valence-electron chi connectivity index (χ2n) is 3.91. The van der Waals surface area contributed by atoms with Crippen molar-refractivity contribution in [2.24, 2.45) is 0 Å². The number of halogens is 2. The van der Waals surface area contributed by atoms with Crippen LogP contribution in [0.15, 0.2) is 29.1 Å². The van der Waals surface area contributed by atoms with Crippen LogP contribution in [0.2, 0.25) is 5.02 Å². The maximum absolute atomic E-state index is 11.1. The molecule has 3 aromatic rings. The molecule has 0 spiro atoms. The summed E-state index contributed by atoms with van der Waals surface area (Å²) in [5.74, 6) is -0.0832. The van der Waals surface area contributed by atoms with Crippen molar-refractivity contribution in [3.05, 3.63) is 34.2 Å². The van der Waals surface area contributed by atoms with Crippen molar-refractivity contribution in [2.45, 2.75) is 0 Å². The largest absolute Gasteiger partial charge is 0.524 e. The molecule has 0 aliphatic heterocycles. The smallest absolute Gasteiger partial charge is 0.402 e. The van der Waals surface area contributed by atoms with Gasteiger partial charge in [0, 0.05) is 4.47 Å². The number of rotatable bonds is 3. The molecule has 21 heavy (non-hydrogen) atoms. The van der Waals surface area contributed by atoms with Gasteiger partial charge in [0.25, 0.3) is 0 Å². The number of aromatic nitrogens is 5.